The summed E-state index contributed by atoms with van der Waals surface area (Å²) in [6.45, 7) is 5.99. The minimum absolute atomic E-state index is 0. The summed E-state index contributed by atoms with van der Waals surface area (Å²) in [6.07, 6.45) is 31.0. The molecule has 0 aromatic carbocycles. The van der Waals surface area contributed by atoms with Crippen molar-refractivity contribution in [3.8, 4) is 0 Å². The lowest BCUT2D eigenvalue weighted by atomic mass is 10.0. The Bertz CT molecular complexity index is 654. The van der Waals surface area contributed by atoms with E-state index in [2.05, 4.69) is 29.8 Å². The third kappa shape index (κ3) is 33.2. The summed E-state index contributed by atoms with van der Waals surface area (Å²) < 4.78 is 5.39. The first-order valence-electron chi connectivity index (χ1n) is 18.3. The van der Waals surface area contributed by atoms with Crippen LogP contribution in [0.15, 0.2) is 0 Å². The van der Waals surface area contributed by atoms with Crippen molar-refractivity contribution < 1.29 is 14.3 Å². The fourth-order valence-electron chi connectivity index (χ4n) is 5.39. The summed E-state index contributed by atoms with van der Waals surface area (Å²) in [5.41, 5.74) is 5.35. The van der Waals surface area contributed by atoms with Crippen LogP contribution in [0.3, 0.4) is 0 Å². The molecule has 6 N–H and O–H groups in total. The van der Waals surface area contributed by atoms with Crippen molar-refractivity contribution in [2.24, 2.45) is 5.73 Å². The van der Waals surface area contributed by atoms with Gasteiger partial charge in [0.25, 0.3) is 0 Å². The third-order valence-electron chi connectivity index (χ3n) is 8.15. The number of guanidine groups is 1. The van der Waals surface area contributed by atoms with Crippen molar-refractivity contribution in [2.75, 3.05) is 19.7 Å². The van der Waals surface area contributed by atoms with Gasteiger partial charge in [0.1, 0.15) is 6.04 Å². The van der Waals surface area contributed by atoms with Crippen LogP contribution in [-0.2, 0) is 9.53 Å². The number of hydrogen-bond acceptors (Lipinski definition) is 4. The van der Waals surface area contributed by atoms with Crippen molar-refractivity contribution in [3.05, 3.63) is 0 Å². The van der Waals surface area contributed by atoms with Gasteiger partial charge in [-0.2, -0.15) is 0 Å². The molecule has 8 nitrogen and oxygen atoms in total. The molecule has 9 heteroatoms. The first-order chi connectivity index (χ1) is 21.0. The smallest absolute Gasteiger partial charge is 0.407 e. The van der Waals surface area contributed by atoms with E-state index in [1.807, 2.05) is 0 Å². The summed E-state index contributed by atoms with van der Waals surface area (Å²) in [4.78, 5) is 25.2. The van der Waals surface area contributed by atoms with Crippen LogP contribution in [0.1, 0.15) is 181 Å². The Morgan fingerprint density at radius 1 is 0.591 bits per heavy atom. The van der Waals surface area contributed by atoms with Crippen LogP contribution in [0.2, 0.25) is 0 Å². The predicted octanol–water partition coefficient (Wildman–Crippen LogP) is 9.28. The van der Waals surface area contributed by atoms with Crippen LogP contribution < -0.4 is 21.7 Å². The first-order valence-corrected chi connectivity index (χ1v) is 18.3. The molecule has 0 rings (SSSR count). The lowest BCUT2D eigenvalue weighted by molar-refractivity contribution is -0.123. The Hall–Kier alpha value is -1.70. The minimum atomic E-state index is -0.652. The van der Waals surface area contributed by atoms with Crippen LogP contribution >= 0.6 is 12.4 Å². The number of nitrogens with two attached hydrogens (primary N) is 1. The quantitative estimate of drug-likeness (QED) is 0.0283. The molecule has 0 aliphatic rings. The van der Waals surface area contributed by atoms with Gasteiger partial charge in [-0.1, -0.05) is 155 Å². The third-order valence-corrected chi connectivity index (χ3v) is 8.15. The predicted molar refractivity (Wildman–Crippen MR) is 190 cm³/mol. The Labute approximate surface area is 277 Å². The minimum Gasteiger partial charge on any atom is -0.450 e. The van der Waals surface area contributed by atoms with Crippen LogP contribution in [-0.4, -0.2) is 43.7 Å². The Kier molecular flexibility index (Phi) is 36.1. The van der Waals surface area contributed by atoms with Gasteiger partial charge in [0, 0.05) is 13.1 Å². The van der Waals surface area contributed by atoms with Crippen LogP contribution in [0.4, 0.5) is 4.79 Å². The molecule has 0 aromatic heterocycles. The highest BCUT2D eigenvalue weighted by Crippen LogP contribution is 2.13. The standard InChI is InChI=1S/C35H71N5O3.ClH/c1-3-5-7-9-11-13-15-16-17-18-20-22-24-26-31-43-35(42)40-32(28-27-30-39-34(36)37)33(41)38-29-25-23-21-19-14-12-10-8-6-4-2;/h32H,3-31H2,1-2H3,(H,38,41)(H,40,42)(H4,36,37,39);1H/t32-;/m0./s1. The molecule has 0 aliphatic heterocycles. The number of ether oxygens (including phenoxy) is 1. The second-order valence-corrected chi connectivity index (χ2v) is 12.4. The first kappa shape index (κ1) is 44.4. The zero-order valence-corrected chi connectivity index (χ0v) is 29.6. The molecule has 44 heavy (non-hydrogen) atoms. The second-order valence-electron chi connectivity index (χ2n) is 12.4. The van der Waals surface area contributed by atoms with Crippen molar-refractivity contribution in [2.45, 2.75) is 187 Å². The van der Waals surface area contributed by atoms with E-state index in [4.69, 9.17) is 15.9 Å². The molecule has 262 valence electrons. The summed E-state index contributed by atoms with van der Waals surface area (Å²) in [5, 5.41) is 15.8. The lowest BCUT2D eigenvalue weighted by Gasteiger charge is -2.18. The van der Waals surface area contributed by atoms with Gasteiger partial charge in [0.15, 0.2) is 5.96 Å². The van der Waals surface area contributed by atoms with E-state index in [-0.39, 0.29) is 24.3 Å². The average Bonchev–Trinajstić information content (AvgIpc) is 2.99. The van der Waals surface area contributed by atoms with E-state index in [0.29, 0.717) is 32.5 Å². The summed E-state index contributed by atoms with van der Waals surface area (Å²) in [6, 6.07) is -0.652. The molecule has 0 spiro atoms. The van der Waals surface area contributed by atoms with Gasteiger partial charge in [-0.05, 0) is 25.7 Å². The number of unbranched alkanes of at least 4 members (excludes halogenated alkanes) is 22. The van der Waals surface area contributed by atoms with Gasteiger partial charge < -0.3 is 26.4 Å². The number of alkyl carbamates (subject to hydrolysis) is 1. The van der Waals surface area contributed by atoms with Crippen LogP contribution in [0, 0.1) is 5.41 Å². The monoisotopic (exact) mass is 646 g/mol. The van der Waals surface area contributed by atoms with Gasteiger partial charge in [0.05, 0.1) is 6.61 Å². The second kappa shape index (κ2) is 35.8. The molecule has 0 heterocycles. The summed E-state index contributed by atoms with van der Waals surface area (Å²) >= 11 is 0. The van der Waals surface area contributed by atoms with Gasteiger partial charge in [-0.25, -0.2) is 4.79 Å². The van der Waals surface area contributed by atoms with E-state index >= 15 is 0 Å². The molecule has 0 bridgehead atoms. The summed E-state index contributed by atoms with van der Waals surface area (Å²) in [5.74, 6) is -0.269. The molecule has 0 aromatic rings. The van der Waals surface area contributed by atoms with E-state index in [0.717, 1.165) is 25.7 Å². The van der Waals surface area contributed by atoms with Gasteiger partial charge in [-0.3, -0.25) is 10.2 Å². The number of carbonyl (C=O) groups excluding carboxylic acids is 2. The highest BCUT2D eigenvalue weighted by atomic mass is 35.5. The molecule has 0 saturated heterocycles. The molecule has 0 unspecified atom stereocenters. The lowest BCUT2D eigenvalue weighted by Crippen LogP contribution is -2.47. The van der Waals surface area contributed by atoms with Gasteiger partial charge in [0.2, 0.25) is 5.91 Å². The highest BCUT2D eigenvalue weighted by molar-refractivity contribution is 5.85. The van der Waals surface area contributed by atoms with E-state index in [1.54, 1.807) is 0 Å². The largest absolute Gasteiger partial charge is 0.450 e. The maximum Gasteiger partial charge on any atom is 0.407 e. The van der Waals surface area contributed by atoms with E-state index in [1.165, 1.54) is 128 Å². The Morgan fingerprint density at radius 3 is 1.41 bits per heavy atom. The molecule has 0 aliphatic carbocycles. The number of hydrogen-bond donors (Lipinski definition) is 5. The topological polar surface area (TPSA) is 129 Å². The average molecular weight is 646 g/mol. The SMILES string of the molecule is CCCCCCCCCCCCCCCCOC(=O)N[C@@H](CCCNC(=N)N)C(=O)NCCCCCCCCCCCC.Cl. The number of halogens is 1. The zero-order chi connectivity index (χ0) is 31.6. The molecular formula is C35H72ClN5O3. The molecule has 0 saturated carbocycles. The fraction of sp³-hybridized carbons (Fsp3) is 0.914. The van der Waals surface area contributed by atoms with Gasteiger partial charge >= 0.3 is 6.09 Å². The van der Waals surface area contributed by atoms with E-state index in [9.17, 15) is 9.59 Å². The van der Waals surface area contributed by atoms with Crippen LogP contribution in [0.5, 0.6) is 0 Å². The molecule has 0 fully saturated rings. The Morgan fingerprint density at radius 2 is 0.977 bits per heavy atom. The maximum absolute atomic E-state index is 12.8. The number of nitrogens with one attached hydrogen (secondary N) is 4. The number of amides is 2. The highest BCUT2D eigenvalue weighted by Gasteiger charge is 2.20. The van der Waals surface area contributed by atoms with Crippen molar-refractivity contribution >= 4 is 30.4 Å². The molecule has 0 radical (unpaired) electrons. The number of carbonyl (C=O) groups is 2. The van der Waals surface area contributed by atoms with Crippen molar-refractivity contribution in [3.63, 3.8) is 0 Å². The van der Waals surface area contributed by atoms with Gasteiger partial charge in [-0.15, -0.1) is 12.4 Å². The normalized spacial score (nSPS) is 11.4. The molecule has 1 atom stereocenters. The zero-order valence-electron chi connectivity index (χ0n) is 28.8. The molecule has 2 amide bonds. The van der Waals surface area contributed by atoms with Crippen molar-refractivity contribution in [1.29, 1.82) is 5.41 Å². The fourth-order valence-corrected chi connectivity index (χ4v) is 5.39. The maximum atomic E-state index is 12.8. The summed E-state index contributed by atoms with van der Waals surface area (Å²) in [7, 11) is 0. The molecular weight excluding hydrogens is 574 g/mol. The van der Waals surface area contributed by atoms with Crippen LogP contribution in [0.25, 0.3) is 0 Å². The number of rotatable bonds is 32. The van der Waals surface area contributed by atoms with E-state index < -0.39 is 12.1 Å². The Balaban J connectivity index is 0. The van der Waals surface area contributed by atoms with Crippen molar-refractivity contribution in [1.82, 2.24) is 16.0 Å².